The van der Waals surface area contributed by atoms with Crippen molar-refractivity contribution in [1.29, 1.82) is 0 Å². The number of carbonyl (C=O) groups is 2. The zero-order chi connectivity index (χ0) is 14.7. The maximum absolute atomic E-state index is 11.5. The monoisotopic (exact) mass is 357 g/mol. The average Bonchev–Trinajstić information content (AvgIpc) is 2.71. The van der Waals surface area contributed by atoms with Crippen LogP contribution in [0.25, 0.3) is 6.08 Å². The van der Waals surface area contributed by atoms with Crippen molar-refractivity contribution in [1.82, 2.24) is 5.32 Å². The third-order valence-corrected chi connectivity index (χ3v) is 4.01. The van der Waals surface area contributed by atoms with Crippen molar-refractivity contribution in [3.05, 3.63) is 27.1 Å². The largest absolute Gasteiger partial charge is 0.493 e. The number of hydrogen-bond acceptors (Lipinski definition) is 5. The Morgan fingerprint density at radius 2 is 2.10 bits per heavy atom. The summed E-state index contributed by atoms with van der Waals surface area (Å²) in [7, 11) is 1.56. The summed E-state index contributed by atoms with van der Waals surface area (Å²) in [6.45, 7) is 2.38. The van der Waals surface area contributed by atoms with Crippen molar-refractivity contribution in [3.8, 4) is 11.5 Å². The van der Waals surface area contributed by atoms with Gasteiger partial charge in [-0.1, -0.05) is 15.9 Å². The molecule has 1 aromatic carbocycles. The molecule has 1 heterocycles. The first kappa shape index (κ1) is 14.9. The molecule has 0 radical (unpaired) electrons. The summed E-state index contributed by atoms with van der Waals surface area (Å²) in [6.07, 6.45) is 1.64. The van der Waals surface area contributed by atoms with Crippen LogP contribution in [0, 0.1) is 0 Å². The lowest BCUT2D eigenvalue weighted by atomic mass is 10.2. The van der Waals surface area contributed by atoms with Crippen LogP contribution < -0.4 is 14.8 Å². The van der Waals surface area contributed by atoms with Crippen LogP contribution in [-0.2, 0) is 4.79 Å². The highest BCUT2D eigenvalue weighted by Crippen LogP contribution is 2.36. The van der Waals surface area contributed by atoms with E-state index in [1.54, 1.807) is 25.3 Å². The van der Waals surface area contributed by atoms with Crippen molar-refractivity contribution >= 4 is 44.9 Å². The number of hydrogen-bond donors (Lipinski definition) is 1. The fraction of sp³-hybridized carbons (Fsp3) is 0.231. The van der Waals surface area contributed by atoms with Gasteiger partial charge in [0, 0.05) is 4.47 Å². The fourth-order valence-electron chi connectivity index (χ4n) is 1.65. The van der Waals surface area contributed by atoms with Crippen LogP contribution in [0.2, 0.25) is 0 Å². The minimum Gasteiger partial charge on any atom is -0.493 e. The lowest BCUT2D eigenvalue weighted by Crippen LogP contribution is -2.17. The molecule has 1 N–H and O–H groups in total. The van der Waals surface area contributed by atoms with E-state index in [1.807, 2.05) is 6.92 Å². The Balaban J connectivity index is 2.41. The molecule has 0 atom stereocenters. The van der Waals surface area contributed by atoms with Gasteiger partial charge in [-0.3, -0.25) is 14.9 Å². The number of methoxy groups -OCH3 is 1. The summed E-state index contributed by atoms with van der Waals surface area (Å²) in [5.74, 6) is 0.793. The van der Waals surface area contributed by atoms with Gasteiger partial charge in [0.2, 0.25) is 0 Å². The number of nitrogens with one attached hydrogen (secondary N) is 1. The summed E-state index contributed by atoms with van der Waals surface area (Å²) >= 11 is 4.28. The molecule has 1 aliphatic heterocycles. The van der Waals surface area contributed by atoms with Gasteiger partial charge in [-0.25, -0.2) is 0 Å². The van der Waals surface area contributed by atoms with Gasteiger partial charge in [0.05, 0.1) is 18.6 Å². The second-order valence-electron chi connectivity index (χ2n) is 3.81. The maximum atomic E-state index is 11.5. The number of halogens is 1. The molecule has 2 amide bonds. The van der Waals surface area contributed by atoms with Crippen LogP contribution in [0.3, 0.4) is 0 Å². The van der Waals surface area contributed by atoms with E-state index in [9.17, 15) is 9.59 Å². The molecule has 2 rings (SSSR count). The lowest BCUT2D eigenvalue weighted by molar-refractivity contribution is -0.115. The zero-order valence-electron chi connectivity index (χ0n) is 10.9. The third-order valence-electron chi connectivity index (χ3n) is 2.51. The molecule has 0 spiro atoms. The third kappa shape index (κ3) is 3.16. The minimum atomic E-state index is -0.388. The van der Waals surface area contributed by atoms with Crippen molar-refractivity contribution < 1.29 is 19.1 Å². The molecule has 1 aliphatic rings. The Morgan fingerprint density at radius 1 is 1.35 bits per heavy atom. The van der Waals surface area contributed by atoms with E-state index in [-0.39, 0.29) is 11.1 Å². The number of carbonyl (C=O) groups excluding carboxylic acids is 2. The molecule has 0 bridgehead atoms. The highest BCUT2D eigenvalue weighted by Gasteiger charge is 2.25. The second-order valence-corrected chi connectivity index (χ2v) is 5.68. The molecule has 106 valence electrons. The lowest BCUT2D eigenvalue weighted by Gasteiger charge is -2.11. The van der Waals surface area contributed by atoms with Crippen molar-refractivity contribution in [3.63, 3.8) is 0 Å². The SMILES string of the molecule is CCOc1cc(/C=C2\SC(=O)NC2=O)c(Br)cc1OC. The van der Waals surface area contributed by atoms with Crippen molar-refractivity contribution in [2.75, 3.05) is 13.7 Å². The Bertz CT molecular complexity index is 600. The molecule has 0 saturated carbocycles. The van der Waals surface area contributed by atoms with E-state index in [2.05, 4.69) is 21.2 Å². The standard InChI is InChI=1S/C13H12BrNO4S/c1-3-19-10-4-7(8(14)6-9(10)18-2)5-11-12(16)15-13(17)20-11/h4-6H,3H2,1-2H3,(H,15,16,17)/b11-5-. The summed E-state index contributed by atoms with van der Waals surface area (Å²) in [4.78, 5) is 23.0. The van der Waals surface area contributed by atoms with Crippen molar-refractivity contribution in [2.24, 2.45) is 0 Å². The number of thioether (sulfide) groups is 1. The van der Waals surface area contributed by atoms with Crippen LogP contribution in [-0.4, -0.2) is 24.9 Å². The predicted octanol–water partition coefficient (Wildman–Crippen LogP) is 3.18. The first-order valence-corrected chi connectivity index (χ1v) is 7.41. The normalized spacial score (nSPS) is 16.4. The van der Waals surface area contributed by atoms with Crippen molar-refractivity contribution in [2.45, 2.75) is 6.92 Å². The first-order chi connectivity index (χ1) is 9.55. The topological polar surface area (TPSA) is 64.6 Å². The molecule has 1 fully saturated rings. The number of ether oxygens (including phenoxy) is 2. The first-order valence-electron chi connectivity index (χ1n) is 5.80. The Hall–Kier alpha value is -1.47. The molecule has 1 aromatic rings. The van der Waals surface area contributed by atoms with Crippen LogP contribution >= 0.6 is 27.7 Å². The summed E-state index contributed by atoms with van der Waals surface area (Å²) < 4.78 is 11.5. The Kier molecular flexibility index (Phi) is 4.72. The van der Waals surface area contributed by atoms with Crippen LogP contribution in [0.5, 0.6) is 11.5 Å². The summed E-state index contributed by atoms with van der Waals surface area (Å²) in [6, 6.07) is 3.52. The van der Waals surface area contributed by atoms with E-state index in [0.717, 1.165) is 21.8 Å². The number of imide groups is 1. The molecule has 5 nitrogen and oxygen atoms in total. The van der Waals surface area contributed by atoms with E-state index in [1.165, 1.54) is 0 Å². The fourth-order valence-corrected chi connectivity index (χ4v) is 2.76. The molecule has 0 unspecified atom stereocenters. The van der Waals surface area contributed by atoms with Gasteiger partial charge in [-0.15, -0.1) is 0 Å². The average molecular weight is 358 g/mol. The van der Waals surface area contributed by atoms with Crippen LogP contribution in [0.1, 0.15) is 12.5 Å². The predicted molar refractivity (Wildman–Crippen MR) is 81.0 cm³/mol. The highest BCUT2D eigenvalue weighted by molar-refractivity contribution is 9.10. The molecule has 1 saturated heterocycles. The molecule has 7 heteroatoms. The highest BCUT2D eigenvalue weighted by atomic mass is 79.9. The second kappa shape index (κ2) is 6.32. The van der Waals surface area contributed by atoms with Gasteiger partial charge >= 0.3 is 0 Å². The number of amides is 2. The summed E-state index contributed by atoms with van der Waals surface area (Å²) in [5.41, 5.74) is 0.738. The minimum absolute atomic E-state index is 0.350. The van der Waals surface area contributed by atoms with Gasteiger partial charge in [-0.2, -0.15) is 0 Å². The molecular formula is C13H12BrNO4S. The van der Waals surface area contributed by atoms with Gasteiger partial charge in [0.1, 0.15) is 0 Å². The Labute approximate surface area is 128 Å². The van der Waals surface area contributed by atoms with Gasteiger partial charge in [0.25, 0.3) is 11.1 Å². The van der Waals surface area contributed by atoms with Crippen LogP contribution in [0.15, 0.2) is 21.5 Å². The smallest absolute Gasteiger partial charge is 0.290 e. The number of rotatable bonds is 4. The van der Waals surface area contributed by atoms with E-state index in [4.69, 9.17) is 9.47 Å². The molecule has 0 aliphatic carbocycles. The van der Waals surface area contributed by atoms with Crippen LogP contribution in [0.4, 0.5) is 4.79 Å². The van der Waals surface area contributed by atoms with Gasteiger partial charge in [0.15, 0.2) is 11.5 Å². The summed E-state index contributed by atoms with van der Waals surface area (Å²) in [5, 5.41) is 1.85. The maximum Gasteiger partial charge on any atom is 0.290 e. The van der Waals surface area contributed by atoms with Gasteiger partial charge in [-0.05, 0) is 42.5 Å². The number of benzene rings is 1. The Morgan fingerprint density at radius 3 is 2.65 bits per heavy atom. The van der Waals surface area contributed by atoms with Gasteiger partial charge < -0.3 is 9.47 Å². The molecular weight excluding hydrogens is 346 g/mol. The molecule has 20 heavy (non-hydrogen) atoms. The zero-order valence-corrected chi connectivity index (χ0v) is 13.3. The quantitative estimate of drug-likeness (QED) is 0.838. The van der Waals surface area contributed by atoms with E-state index in [0.29, 0.717) is 23.0 Å². The van der Waals surface area contributed by atoms with E-state index >= 15 is 0 Å². The molecule has 0 aromatic heterocycles. The van der Waals surface area contributed by atoms with E-state index < -0.39 is 0 Å².